The first kappa shape index (κ1) is 18.9. The monoisotopic (exact) mass is 384 g/mol. The van der Waals surface area contributed by atoms with E-state index in [0.717, 1.165) is 11.0 Å². The highest BCUT2D eigenvalue weighted by atomic mass is 19.3. The normalized spacial score (nSPS) is 15.4. The summed E-state index contributed by atoms with van der Waals surface area (Å²) in [6, 6.07) is 7.08. The van der Waals surface area contributed by atoms with Crippen LogP contribution in [0.1, 0.15) is 16.1 Å². The molecule has 9 heteroatoms. The number of hydrogen-bond donors (Lipinski definition) is 0. The number of pyridine rings is 1. The molecule has 144 valence electrons. The van der Waals surface area contributed by atoms with E-state index in [2.05, 4.69) is 9.72 Å². The smallest absolute Gasteiger partial charge is 0.387 e. The fraction of sp³-hybridized carbons (Fsp3) is 0.333. The van der Waals surface area contributed by atoms with E-state index in [1.165, 1.54) is 19.2 Å². The Morgan fingerprint density at radius 3 is 2.52 bits per heavy atom. The summed E-state index contributed by atoms with van der Waals surface area (Å²) < 4.78 is 60.8. The van der Waals surface area contributed by atoms with E-state index in [9.17, 15) is 22.4 Å². The maximum atomic E-state index is 13.1. The lowest BCUT2D eigenvalue weighted by Gasteiger charge is -2.39. The summed E-state index contributed by atoms with van der Waals surface area (Å²) in [6.07, 6.45) is 0. The Morgan fingerprint density at radius 1 is 1.22 bits per heavy atom. The molecule has 0 unspecified atom stereocenters. The van der Waals surface area contributed by atoms with E-state index in [4.69, 9.17) is 4.74 Å². The molecule has 0 spiro atoms. The van der Waals surface area contributed by atoms with Crippen molar-refractivity contribution in [2.75, 3.05) is 20.2 Å². The van der Waals surface area contributed by atoms with Crippen molar-refractivity contribution >= 4 is 5.91 Å². The van der Waals surface area contributed by atoms with Gasteiger partial charge in [0, 0.05) is 11.8 Å². The molecule has 0 aliphatic carbocycles. The number of carbonyl (C=O) groups excluding carboxylic acids is 1. The van der Waals surface area contributed by atoms with Crippen molar-refractivity contribution < 1.29 is 31.8 Å². The number of rotatable bonds is 5. The number of carbonyl (C=O) groups is 1. The zero-order valence-corrected chi connectivity index (χ0v) is 14.5. The first-order valence-corrected chi connectivity index (χ1v) is 7.97. The molecule has 3 rings (SSSR count). The third kappa shape index (κ3) is 4.12. The highest BCUT2D eigenvalue weighted by Gasteiger charge is 2.46. The van der Waals surface area contributed by atoms with Crippen molar-refractivity contribution in [1.82, 2.24) is 9.88 Å². The van der Waals surface area contributed by atoms with Crippen molar-refractivity contribution in [3.05, 3.63) is 41.6 Å². The number of amides is 1. The minimum Gasteiger partial charge on any atom is -0.481 e. The highest BCUT2D eigenvalue weighted by Crippen LogP contribution is 2.34. The molecule has 1 aromatic carbocycles. The molecule has 1 aromatic heterocycles. The van der Waals surface area contributed by atoms with E-state index >= 15 is 0 Å². The molecule has 0 saturated carbocycles. The minimum atomic E-state index is -3.07. The lowest BCUT2D eigenvalue weighted by atomic mass is 9.97. The Morgan fingerprint density at radius 2 is 1.93 bits per heavy atom. The van der Waals surface area contributed by atoms with Gasteiger partial charge in [0.1, 0.15) is 5.75 Å². The quantitative estimate of drug-likeness (QED) is 0.737. The Kier molecular flexibility index (Phi) is 4.95. The van der Waals surface area contributed by atoms with Crippen molar-refractivity contribution in [3.8, 4) is 22.8 Å². The maximum Gasteiger partial charge on any atom is 0.387 e. The van der Waals surface area contributed by atoms with Crippen LogP contribution < -0.4 is 9.47 Å². The molecular formula is C18H16F4N2O3. The zero-order chi connectivity index (χ0) is 19.8. The van der Waals surface area contributed by atoms with Gasteiger partial charge in [-0.3, -0.25) is 4.79 Å². The lowest BCUT2D eigenvalue weighted by molar-refractivity contribution is -0.113. The summed E-state index contributed by atoms with van der Waals surface area (Å²) in [5.41, 5.74) is 1.50. The average molecular weight is 384 g/mol. The second-order valence-corrected chi connectivity index (χ2v) is 6.14. The maximum absolute atomic E-state index is 13.1. The first-order valence-electron chi connectivity index (χ1n) is 7.97. The van der Waals surface area contributed by atoms with E-state index in [1.54, 1.807) is 19.1 Å². The van der Waals surface area contributed by atoms with Gasteiger partial charge < -0.3 is 14.4 Å². The minimum absolute atomic E-state index is 0.0173. The molecule has 27 heavy (non-hydrogen) atoms. The summed E-state index contributed by atoms with van der Waals surface area (Å²) in [6.45, 7) is -2.79. The molecule has 2 aromatic rings. The Bertz CT molecular complexity index is 866. The summed E-state index contributed by atoms with van der Waals surface area (Å²) in [5, 5.41) is 0. The number of aryl methyl sites for hydroxylation is 1. The van der Waals surface area contributed by atoms with Gasteiger partial charge >= 0.3 is 6.61 Å². The predicted octanol–water partition coefficient (Wildman–Crippen LogP) is 3.76. The van der Waals surface area contributed by atoms with E-state index < -0.39 is 31.5 Å². The fourth-order valence-electron chi connectivity index (χ4n) is 2.85. The van der Waals surface area contributed by atoms with Gasteiger partial charge in [0.2, 0.25) is 5.88 Å². The number of benzene rings is 1. The molecule has 0 radical (unpaired) electrons. The van der Waals surface area contributed by atoms with Gasteiger partial charge in [-0.1, -0.05) is 0 Å². The molecule has 2 heterocycles. The second kappa shape index (κ2) is 7.05. The molecule has 1 fully saturated rings. The van der Waals surface area contributed by atoms with Crippen LogP contribution in [0.2, 0.25) is 0 Å². The van der Waals surface area contributed by atoms with E-state index in [1.807, 2.05) is 0 Å². The first-order chi connectivity index (χ1) is 12.7. The molecule has 1 aliphatic heterocycles. The van der Waals surface area contributed by atoms with Crippen LogP contribution in [0.3, 0.4) is 0 Å². The van der Waals surface area contributed by atoms with Crippen LogP contribution in [-0.4, -0.2) is 48.5 Å². The molecule has 1 amide bonds. The van der Waals surface area contributed by atoms with Crippen LogP contribution in [0.25, 0.3) is 11.1 Å². The van der Waals surface area contributed by atoms with Crippen molar-refractivity contribution in [2.45, 2.75) is 19.5 Å². The van der Waals surface area contributed by atoms with Crippen LogP contribution in [0.15, 0.2) is 30.3 Å². The largest absolute Gasteiger partial charge is 0.481 e. The van der Waals surface area contributed by atoms with Gasteiger partial charge in [0.15, 0.2) is 0 Å². The number of methoxy groups -OCH3 is 1. The van der Waals surface area contributed by atoms with Crippen molar-refractivity contribution in [1.29, 1.82) is 0 Å². The molecule has 0 atom stereocenters. The van der Waals surface area contributed by atoms with Gasteiger partial charge in [-0.15, -0.1) is 0 Å². The Hall–Kier alpha value is -2.84. The van der Waals surface area contributed by atoms with Gasteiger partial charge in [0.25, 0.3) is 11.8 Å². The molecule has 0 bridgehead atoms. The van der Waals surface area contributed by atoms with E-state index in [-0.39, 0.29) is 11.3 Å². The fourth-order valence-corrected chi connectivity index (χ4v) is 2.85. The highest BCUT2D eigenvalue weighted by molar-refractivity contribution is 6.02. The summed E-state index contributed by atoms with van der Waals surface area (Å²) in [7, 11) is 1.43. The number of nitrogens with zero attached hydrogens (tertiary/aromatic N) is 2. The number of ether oxygens (including phenoxy) is 2. The second-order valence-electron chi connectivity index (χ2n) is 6.14. The molecule has 0 N–H and O–H groups in total. The number of alkyl halides is 4. The Balaban J connectivity index is 2.05. The SMILES string of the molecule is COc1cc(-c2ccc(OC(F)F)cc2C(=O)N2CC(F)(F)C2)cc(C)n1. The Labute approximate surface area is 152 Å². The van der Waals surface area contributed by atoms with Crippen molar-refractivity contribution in [3.63, 3.8) is 0 Å². The lowest BCUT2D eigenvalue weighted by Crippen LogP contribution is -2.58. The van der Waals surface area contributed by atoms with Crippen LogP contribution >= 0.6 is 0 Å². The standard InChI is InChI=1S/C18H16F4N2O3/c1-10-5-11(6-15(23-10)26-2)13-4-3-12(27-17(19)20)7-14(13)16(25)24-8-18(21,22)9-24/h3-7,17H,8-9H2,1-2H3. The topological polar surface area (TPSA) is 51.7 Å². The predicted molar refractivity (Wildman–Crippen MR) is 88.4 cm³/mol. The molecule has 5 nitrogen and oxygen atoms in total. The average Bonchev–Trinajstić information content (AvgIpc) is 2.57. The number of halogens is 4. The summed E-state index contributed by atoms with van der Waals surface area (Å²) in [5.74, 6) is -3.57. The molecular weight excluding hydrogens is 368 g/mol. The molecule has 1 aliphatic rings. The summed E-state index contributed by atoms with van der Waals surface area (Å²) >= 11 is 0. The van der Waals surface area contributed by atoms with Crippen LogP contribution in [-0.2, 0) is 0 Å². The van der Waals surface area contributed by atoms with Gasteiger partial charge in [0.05, 0.1) is 25.8 Å². The zero-order valence-electron chi connectivity index (χ0n) is 14.5. The number of likely N-dealkylation sites (tertiary alicyclic amines) is 1. The van der Waals surface area contributed by atoms with Gasteiger partial charge in [-0.2, -0.15) is 8.78 Å². The molecule has 1 saturated heterocycles. The van der Waals surface area contributed by atoms with Gasteiger partial charge in [-0.05, 0) is 42.3 Å². The van der Waals surface area contributed by atoms with Gasteiger partial charge in [-0.25, -0.2) is 13.8 Å². The number of aromatic nitrogens is 1. The third-order valence-corrected chi connectivity index (χ3v) is 4.03. The van der Waals surface area contributed by atoms with Crippen molar-refractivity contribution in [2.24, 2.45) is 0 Å². The third-order valence-electron chi connectivity index (χ3n) is 4.03. The van der Waals surface area contributed by atoms with Crippen LogP contribution in [0.5, 0.6) is 11.6 Å². The van der Waals surface area contributed by atoms with E-state index in [0.29, 0.717) is 22.7 Å². The summed E-state index contributed by atoms with van der Waals surface area (Å²) in [4.78, 5) is 17.8. The number of hydrogen-bond acceptors (Lipinski definition) is 4. The van der Waals surface area contributed by atoms with Crippen LogP contribution in [0, 0.1) is 6.92 Å². The van der Waals surface area contributed by atoms with Crippen LogP contribution in [0.4, 0.5) is 17.6 Å².